The second-order valence-electron chi connectivity index (χ2n) is 4.99. The standard InChI is InChI=1S/C14H18ClN3O2/c1-9(19)18-6-4-11(5-7-18)17-14(20)12-3-2-10(15)8-13(12)16/h2-3,8,11H,4-7,16H2,1H3,(H,17,20). The predicted octanol–water partition coefficient (Wildman–Crippen LogP) is 1.66. The fraction of sp³-hybridized carbons (Fsp3) is 0.429. The van der Waals surface area contributed by atoms with Crippen molar-refractivity contribution >= 4 is 29.1 Å². The largest absolute Gasteiger partial charge is 0.398 e. The van der Waals surface area contributed by atoms with E-state index >= 15 is 0 Å². The molecule has 0 aromatic heterocycles. The summed E-state index contributed by atoms with van der Waals surface area (Å²) in [6.45, 7) is 2.92. The van der Waals surface area contributed by atoms with Crippen LogP contribution in [0.2, 0.25) is 5.02 Å². The molecule has 1 fully saturated rings. The van der Waals surface area contributed by atoms with Crippen molar-refractivity contribution in [3.63, 3.8) is 0 Å². The number of hydrogen-bond acceptors (Lipinski definition) is 3. The minimum absolute atomic E-state index is 0.0770. The van der Waals surface area contributed by atoms with Gasteiger partial charge in [-0.15, -0.1) is 0 Å². The van der Waals surface area contributed by atoms with E-state index in [1.54, 1.807) is 30.0 Å². The van der Waals surface area contributed by atoms with Crippen LogP contribution in [0, 0.1) is 0 Å². The summed E-state index contributed by atoms with van der Waals surface area (Å²) in [5.74, 6) is -0.114. The molecule has 0 aliphatic carbocycles. The molecule has 0 saturated carbocycles. The van der Waals surface area contributed by atoms with Crippen LogP contribution in [0.1, 0.15) is 30.1 Å². The minimum Gasteiger partial charge on any atom is -0.398 e. The summed E-state index contributed by atoms with van der Waals surface area (Å²) in [7, 11) is 0. The molecule has 0 atom stereocenters. The Bertz CT molecular complexity index is 525. The number of piperidine rings is 1. The van der Waals surface area contributed by atoms with E-state index in [4.69, 9.17) is 17.3 Å². The van der Waals surface area contributed by atoms with E-state index in [0.717, 1.165) is 12.8 Å². The lowest BCUT2D eigenvalue weighted by atomic mass is 10.0. The van der Waals surface area contributed by atoms with Crippen LogP contribution in [0.25, 0.3) is 0 Å². The molecule has 0 bridgehead atoms. The molecule has 6 heteroatoms. The van der Waals surface area contributed by atoms with Gasteiger partial charge in [0.15, 0.2) is 0 Å². The highest BCUT2D eigenvalue weighted by Gasteiger charge is 2.22. The van der Waals surface area contributed by atoms with Gasteiger partial charge in [-0.2, -0.15) is 0 Å². The third-order valence-corrected chi connectivity index (χ3v) is 3.77. The Morgan fingerprint density at radius 2 is 2.00 bits per heavy atom. The third kappa shape index (κ3) is 3.42. The molecule has 5 nitrogen and oxygen atoms in total. The zero-order chi connectivity index (χ0) is 14.7. The maximum Gasteiger partial charge on any atom is 0.253 e. The van der Waals surface area contributed by atoms with Gasteiger partial charge in [0.1, 0.15) is 0 Å². The number of carbonyl (C=O) groups excluding carboxylic acids is 2. The summed E-state index contributed by atoms with van der Waals surface area (Å²) in [6, 6.07) is 4.91. The molecular weight excluding hydrogens is 278 g/mol. The molecule has 1 aromatic rings. The number of nitrogens with two attached hydrogens (primary N) is 1. The third-order valence-electron chi connectivity index (χ3n) is 3.53. The van der Waals surface area contributed by atoms with Crippen LogP contribution in [0.15, 0.2) is 18.2 Å². The molecule has 1 heterocycles. The van der Waals surface area contributed by atoms with Crippen molar-refractivity contribution in [2.75, 3.05) is 18.8 Å². The van der Waals surface area contributed by atoms with Crippen LogP contribution >= 0.6 is 11.6 Å². The summed E-state index contributed by atoms with van der Waals surface area (Å²) >= 11 is 5.81. The van der Waals surface area contributed by atoms with Crippen LogP contribution in [0.4, 0.5) is 5.69 Å². The monoisotopic (exact) mass is 295 g/mol. The quantitative estimate of drug-likeness (QED) is 0.815. The smallest absolute Gasteiger partial charge is 0.253 e. The molecule has 0 spiro atoms. The molecule has 1 aliphatic rings. The van der Waals surface area contributed by atoms with Crippen molar-refractivity contribution in [3.05, 3.63) is 28.8 Å². The van der Waals surface area contributed by atoms with Gasteiger partial charge < -0.3 is 16.0 Å². The second kappa shape index (κ2) is 6.13. The number of carbonyl (C=O) groups is 2. The lowest BCUT2D eigenvalue weighted by Gasteiger charge is -2.31. The van der Waals surface area contributed by atoms with Crippen molar-refractivity contribution < 1.29 is 9.59 Å². The first kappa shape index (κ1) is 14.7. The summed E-state index contributed by atoms with van der Waals surface area (Å²) < 4.78 is 0. The topological polar surface area (TPSA) is 75.4 Å². The van der Waals surface area contributed by atoms with Gasteiger partial charge in [0.05, 0.1) is 5.56 Å². The van der Waals surface area contributed by atoms with Gasteiger partial charge in [-0.25, -0.2) is 0 Å². The fourth-order valence-electron chi connectivity index (χ4n) is 2.34. The molecule has 2 rings (SSSR count). The van der Waals surface area contributed by atoms with E-state index < -0.39 is 0 Å². The molecule has 20 heavy (non-hydrogen) atoms. The number of benzene rings is 1. The lowest BCUT2D eigenvalue weighted by Crippen LogP contribution is -2.46. The summed E-state index contributed by atoms with van der Waals surface area (Å²) in [6.07, 6.45) is 1.53. The highest BCUT2D eigenvalue weighted by molar-refractivity contribution is 6.31. The molecule has 1 aromatic carbocycles. The van der Waals surface area contributed by atoms with Crippen molar-refractivity contribution in [2.24, 2.45) is 0 Å². The number of hydrogen-bond donors (Lipinski definition) is 2. The average Bonchev–Trinajstić information content (AvgIpc) is 2.39. The Hall–Kier alpha value is -1.75. The number of anilines is 1. The molecule has 3 N–H and O–H groups in total. The van der Waals surface area contributed by atoms with E-state index in [1.807, 2.05) is 0 Å². The Morgan fingerprint density at radius 1 is 1.35 bits per heavy atom. The van der Waals surface area contributed by atoms with Crippen LogP contribution in [0.5, 0.6) is 0 Å². The summed E-state index contributed by atoms with van der Waals surface area (Å²) in [5, 5.41) is 3.46. The predicted molar refractivity (Wildman–Crippen MR) is 78.6 cm³/mol. The van der Waals surface area contributed by atoms with E-state index in [-0.39, 0.29) is 17.9 Å². The minimum atomic E-state index is -0.194. The summed E-state index contributed by atoms with van der Waals surface area (Å²) in [4.78, 5) is 25.2. The average molecular weight is 296 g/mol. The highest BCUT2D eigenvalue weighted by atomic mass is 35.5. The van der Waals surface area contributed by atoms with Crippen LogP contribution < -0.4 is 11.1 Å². The number of nitrogens with one attached hydrogen (secondary N) is 1. The first-order valence-electron chi connectivity index (χ1n) is 6.59. The first-order chi connectivity index (χ1) is 9.47. The highest BCUT2D eigenvalue weighted by Crippen LogP contribution is 2.19. The zero-order valence-corrected chi connectivity index (χ0v) is 12.1. The number of halogens is 1. The van der Waals surface area contributed by atoms with Crippen LogP contribution in [-0.2, 0) is 4.79 Å². The second-order valence-corrected chi connectivity index (χ2v) is 5.42. The van der Waals surface area contributed by atoms with Gasteiger partial charge in [-0.05, 0) is 31.0 Å². The van der Waals surface area contributed by atoms with E-state index in [0.29, 0.717) is 29.4 Å². The maximum absolute atomic E-state index is 12.1. The van der Waals surface area contributed by atoms with Gasteiger partial charge in [0, 0.05) is 36.8 Å². The van der Waals surface area contributed by atoms with Gasteiger partial charge >= 0.3 is 0 Å². The Balaban J connectivity index is 1.94. The number of nitrogen functional groups attached to an aromatic ring is 1. The SMILES string of the molecule is CC(=O)N1CCC(NC(=O)c2ccc(Cl)cc2N)CC1. The van der Waals surface area contributed by atoms with Crippen molar-refractivity contribution in [3.8, 4) is 0 Å². The van der Waals surface area contributed by atoms with Crippen LogP contribution in [0.3, 0.4) is 0 Å². The van der Waals surface area contributed by atoms with Gasteiger partial charge in [0.25, 0.3) is 5.91 Å². The van der Waals surface area contributed by atoms with Crippen LogP contribution in [-0.4, -0.2) is 35.8 Å². The van der Waals surface area contributed by atoms with E-state index in [1.165, 1.54) is 0 Å². The van der Waals surface area contributed by atoms with Crippen molar-refractivity contribution in [1.29, 1.82) is 0 Å². The Labute approximate surface area is 123 Å². The molecule has 1 aliphatic heterocycles. The molecule has 108 valence electrons. The normalized spacial score (nSPS) is 16.0. The Morgan fingerprint density at radius 3 is 2.55 bits per heavy atom. The molecular formula is C14H18ClN3O2. The number of likely N-dealkylation sites (tertiary alicyclic amines) is 1. The molecule has 0 unspecified atom stereocenters. The number of rotatable bonds is 2. The lowest BCUT2D eigenvalue weighted by molar-refractivity contribution is -0.129. The van der Waals surface area contributed by atoms with Gasteiger partial charge in [0.2, 0.25) is 5.91 Å². The van der Waals surface area contributed by atoms with E-state index in [9.17, 15) is 9.59 Å². The van der Waals surface area contributed by atoms with Crippen molar-refractivity contribution in [1.82, 2.24) is 10.2 Å². The first-order valence-corrected chi connectivity index (χ1v) is 6.96. The summed E-state index contributed by atoms with van der Waals surface area (Å²) in [5.41, 5.74) is 6.60. The van der Waals surface area contributed by atoms with Crippen molar-refractivity contribution in [2.45, 2.75) is 25.8 Å². The molecule has 0 radical (unpaired) electrons. The number of nitrogens with zero attached hydrogens (tertiary/aromatic N) is 1. The van der Waals surface area contributed by atoms with E-state index in [2.05, 4.69) is 5.32 Å². The number of amides is 2. The maximum atomic E-state index is 12.1. The van der Waals surface area contributed by atoms with Gasteiger partial charge in [-0.1, -0.05) is 11.6 Å². The molecule has 1 saturated heterocycles. The zero-order valence-electron chi connectivity index (χ0n) is 11.4. The van der Waals surface area contributed by atoms with Gasteiger partial charge in [-0.3, -0.25) is 9.59 Å². The molecule has 2 amide bonds. The fourth-order valence-corrected chi connectivity index (χ4v) is 2.52. The Kier molecular flexibility index (Phi) is 4.49.